The maximum atomic E-state index is 14.9. The van der Waals surface area contributed by atoms with Gasteiger partial charge in [0.2, 0.25) is 0 Å². The summed E-state index contributed by atoms with van der Waals surface area (Å²) in [7, 11) is 1.33. The molecule has 0 aliphatic rings. The first-order chi connectivity index (χ1) is 18.7. The van der Waals surface area contributed by atoms with E-state index in [1.54, 1.807) is 0 Å². The summed E-state index contributed by atoms with van der Waals surface area (Å²) in [6, 6.07) is 10.1. The van der Waals surface area contributed by atoms with Crippen LogP contribution in [0.15, 0.2) is 69.6 Å². The number of hydrogen-bond donors (Lipinski definition) is 1. The monoisotopic (exact) mass is 722 g/mol. The van der Waals surface area contributed by atoms with E-state index < -0.39 is 61.8 Å². The molecule has 0 spiro atoms. The minimum absolute atomic E-state index is 0.00537. The molecule has 220 valence electrons. The molecule has 3 rings (SSSR count). The Hall–Kier alpha value is -3.14. The molecule has 0 aliphatic heterocycles. The average molecular weight is 724 g/mol. The lowest BCUT2D eigenvalue weighted by Gasteiger charge is -2.36. The number of nitrogens with zero attached hydrogens (tertiary/aromatic N) is 1. The van der Waals surface area contributed by atoms with Crippen molar-refractivity contribution in [1.29, 1.82) is 0 Å². The Morgan fingerprint density at radius 2 is 1.29 bits per heavy atom. The molecule has 4 nitrogen and oxygen atoms in total. The Balaban J connectivity index is 1.95. The Bertz CT molecular complexity index is 1470. The van der Waals surface area contributed by atoms with Crippen LogP contribution in [0.4, 0.5) is 55.3 Å². The first kappa shape index (κ1) is 32.4. The highest BCUT2D eigenvalue weighted by Crippen LogP contribution is 2.59. The molecule has 1 atom stereocenters. The van der Waals surface area contributed by atoms with E-state index in [1.807, 2.05) is 0 Å². The van der Waals surface area contributed by atoms with Gasteiger partial charge in [-0.3, -0.25) is 9.59 Å². The number of anilines is 2. The van der Waals surface area contributed by atoms with Gasteiger partial charge in [0.05, 0.1) is 5.69 Å². The highest BCUT2D eigenvalue weighted by molar-refractivity contribution is 9.11. The normalized spacial score (nSPS) is 13.9. The summed E-state index contributed by atoms with van der Waals surface area (Å²) >= 11 is 5.35. The third-order valence-electron chi connectivity index (χ3n) is 5.73. The fourth-order valence-corrected chi connectivity index (χ4v) is 4.97. The van der Waals surface area contributed by atoms with Gasteiger partial charge in [0.15, 0.2) is 0 Å². The molecule has 1 unspecified atom stereocenters. The predicted molar refractivity (Wildman–Crippen MR) is 135 cm³/mol. The first-order valence-corrected chi connectivity index (χ1v) is 12.5. The lowest BCUT2D eigenvalue weighted by molar-refractivity contribution is -0.389. The number of hydrogen-bond acceptors (Lipinski definition) is 2. The van der Waals surface area contributed by atoms with E-state index in [-0.39, 0.29) is 28.9 Å². The van der Waals surface area contributed by atoms with Crippen molar-refractivity contribution in [3.05, 3.63) is 92.1 Å². The molecule has 0 aliphatic carbocycles. The Labute approximate surface area is 241 Å². The number of carbonyl (C=O) groups excluding carboxylic acids is 2. The summed E-state index contributed by atoms with van der Waals surface area (Å²) in [5, 5.41) is 2.22. The van der Waals surface area contributed by atoms with Crippen LogP contribution in [0.1, 0.15) is 26.3 Å². The highest BCUT2D eigenvalue weighted by atomic mass is 79.9. The van der Waals surface area contributed by atoms with Gasteiger partial charge in [-0.15, -0.1) is 0 Å². The molecule has 0 saturated carbocycles. The maximum Gasteiger partial charge on any atom is 0.457 e. The van der Waals surface area contributed by atoms with Crippen LogP contribution in [0.2, 0.25) is 0 Å². The molecule has 2 amide bonds. The van der Waals surface area contributed by atoms with E-state index in [4.69, 9.17) is 0 Å². The van der Waals surface area contributed by atoms with Crippen molar-refractivity contribution in [3.8, 4) is 0 Å². The summed E-state index contributed by atoms with van der Waals surface area (Å²) in [4.78, 5) is 26.7. The van der Waals surface area contributed by atoms with E-state index >= 15 is 0 Å². The van der Waals surface area contributed by atoms with Crippen LogP contribution >= 0.6 is 31.9 Å². The highest BCUT2D eigenvalue weighted by Gasteiger charge is 2.81. The summed E-state index contributed by atoms with van der Waals surface area (Å²) < 4.78 is 133. The Morgan fingerprint density at radius 1 is 0.756 bits per heavy atom. The van der Waals surface area contributed by atoms with E-state index in [2.05, 4.69) is 37.2 Å². The van der Waals surface area contributed by atoms with Crippen molar-refractivity contribution >= 4 is 55.0 Å². The number of rotatable bonds is 6. The molecule has 0 saturated heterocycles. The summed E-state index contributed by atoms with van der Waals surface area (Å²) in [6.45, 7) is 0. The SMILES string of the molecule is CN(C(=O)c1cccc(F)c1)c1cccc(C(=O)Nc2c(Br)cc(C(F)(C(F)(F)F)C(F)(F)C(F)(F)F)cc2Br)c1. The number of nitrogens with one attached hydrogen (secondary N) is 1. The van der Waals surface area contributed by atoms with E-state index in [9.17, 15) is 53.5 Å². The molecule has 16 heteroatoms. The van der Waals surface area contributed by atoms with Crippen LogP contribution in [-0.4, -0.2) is 37.1 Å². The lowest BCUT2D eigenvalue weighted by Crippen LogP contribution is -2.59. The van der Waals surface area contributed by atoms with Gasteiger partial charge in [-0.25, -0.2) is 8.78 Å². The van der Waals surface area contributed by atoms with E-state index in [0.717, 1.165) is 17.0 Å². The van der Waals surface area contributed by atoms with Gasteiger partial charge >= 0.3 is 23.9 Å². The molecule has 0 aromatic heterocycles. The van der Waals surface area contributed by atoms with Crippen molar-refractivity contribution in [1.82, 2.24) is 0 Å². The second-order valence-electron chi connectivity index (χ2n) is 8.42. The summed E-state index contributed by atoms with van der Waals surface area (Å²) in [5.41, 5.74) is -8.70. The van der Waals surface area contributed by atoms with Gasteiger partial charge in [0, 0.05) is 38.4 Å². The van der Waals surface area contributed by atoms with Crippen LogP contribution < -0.4 is 10.2 Å². The van der Waals surface area contributed by atoms with Crippen LogP contribution in [0.25, 0.3) is 0 Å². The second kappa shape index (κ2) is 11.3. The number of alkyl halides is 9. The number of carbonyl (C=O) groups is 2. The van der Waals surface area contributed by atoms with Gasteiger partial charge in [-0.1, -0.05) is 12.1 Å². The van der Waals surface area contributed by atoms with Crippen molar-refractivity contribution in [3.63, 3.8) is 0 Å². The fraction of sp³-hybridized carbons (Fsp3) is 0.200. The number of benzene rings is 3. The zero-order chi connectivity index (χ0) is 31.1. The van der Waals surface area contributed by atoms with Crippen molar-refractivity contribution in [2.45, 2.75) is 23.9 Å². The van der Waals surface area contributed by atoms with Gasteiger partial charge < -0.3 is 10.2 Å². The minimum Gasteiger partial charge on any atom is -0.320 e. The number of amides is 2. The topological polar surface area (TPSA) is 49.4 Å². The lowest BCUT2D eigenvalue weighted by atomic mass is 9.87. The summed E-state index contributed by atoms with van der Waals surface area (Å²) in [6.07, 6.45) is -13.6. The zero-order valence-corrected chi connectivity index (χ0v) is 23.2. The molecule has 0 radical (unpaired) electrons. The molecule has 1 N–H and O–H groups in total. The standard InChI is InChI=1S/C25H14Br2F10N2O2/c1-39(21(41)13-5-2-6-15(28)8-13)16-7-3-4-12(9-16)20(40)38-19-17(26)10-14(11-18(19)27)22(29,24(32,33)34)23(30,31)25(35,36)37/h2-11H,1H3,(H,38,40). The van der Waals surface area contributed by atoms with Crippen LogP contribution in [-0.2, 0) is 5.67 Å². The summed E-state index contributed by atoms with van der Waals surface area (Å²) in [5.74, 6) is -9.15. The van der Waals surface area contributed by atoms with Gasteiger partial charge in [0.1, 0.15) is 5.82 Å². The third kappa shape index (κ3) is 6.08. The van der Waals surface area contributed by atoms with Crippen molar-refractivity contribution in [2.24, 2.45) is 0 Å². The molecule has 3 aromatic rings. The Morgan fingerprint density at radius 3 is 1.80 bits per heavy atom. The van der Waals surface area contributed by atoms with E-state index in [0.29, 0.717) is 0 Å². The maximum absolute atomic E-state index is 14.9. The van der Waals surface area contributed by atoms with Crippen molar-refractivity contribution < 1.29 is 53.5 Å². The fourth-order valence-electron chi connectivity index (χ4n) is 3.58. The second-order valence-corrected chi connectivity index (χ2v) is 10.1. The number of halogens is 12. The van der Waals surface area contributed by atoms with Gasteiger partial charge in [-0.05, 0) is 80.4 Å². The molecular weight excluding hydrogens is 710 g/mol. The van der Waals surface area contributed by atoms with Gasteiger partial charge in [0.25, 0.3) is 11.8 Å². The van der Waals surface area contributed by atoms with E-state index in [1.165, 1.54) is 43.4 Å². The molecule has 0 bridgehead atoms. The molecule has 3 aromatic carbocycles. The largest absolute Gasteiger partial charge is 0.457 e. The van der Waals surface area contributed by atoms with Crippen LogP contribution in [0.3, 0.4) is 0 Å². The zero-order valence-electron chi connectivity index (χ0n) is 20.1. The smallest absolute Gasteiger partial charge is 0.320 e. The van der Waals surface area contributed by atoms with Crippen LogP contribution in [0.5, 0.6) is 0 Å². The molecule has 0 heterocycles. The molecular formula is C25H14Br2F10N2O2. The Kier molecular flexibility index (Phi) is 8.90. The van der Waals surface area contributed by atoms with Gasteiger partial charge in [-0.2, -0.15) is 35.1 Å². The quantitative estimate of drug-likeness (QED) is 0.259. The van der Waals surface area contributed by atoms with Crippen molar-refractivity contribution in [2.75, 3.05) is 17.3 Å². The first-order valence-electron chi connectivity index (χ1n) is 10.9. The van der Waals surface area contributed by atoms with Crippen LogP contribution in [0, 0.1) is 5.82 Å². The molecule has 0 fully saturated rings. The predicted octanol–water partition coefficient (Wildman–Crippen LogP) is 8.80. The minimum atomic E-state index is -6.91. The molecule has 41 heavy (non-hydrogen) atoms. The third-order valence-corrected chi connectivity index (χ3v) is 6.98. The average Bonchev–Trinajstić information content (AvgIpc) is 2.87.